The maximum atomic E-state index is 11.1. The number of carbonyl (C=O) groups is 1. The van der Waals surface area contributed by atoms with Crippen molar-refractivity contribution in [1.29, 1.82) is 0 Å². The second-order valence-corrected chi connectivity index (χ2v) is 4.50. The maximum absolute atomic E-state index is 11.1. The Balaban J connectivity index is 2.13. The van der Waals surface area contributed by atoms with Crippen molar-refractivity contribution in [2.24, 2.45) is 0 Å². The average Bonchev–Trinajstić information content (AvgIpc) is 2.76. The molecule has 1 aromatic heterocycles. The molecule has 0 fully saturated rings. The van der Waals surface area contributed by atoms with Gasteiger partial charge in [-0.25, -0.2) is 4.98 Å². The topological polar surface area (TPSA) is 67.2 Å². The molecule has 2 N–H and O–H groups in total. The van der Waals surface area contributed by atoms with E-state index in [-0.39, 0.29) is 5.91 Å². The Morgan fingerprint density at radius 2 is 1.95 bits per heavy atom. The first-order chi connectivity index (χ1) is 9.65. The minimum absolute atomic E-state index is 0.156. The molecule has 0 spiro atoms. The highest BCUT2D eigenvalue weighted by atomic mass is 16.5. The van der Waals surface area contributed by atoms with E-state index in [1.54, 1.807) is 18.2 Å². The SMILES string of the molecule is CC(=O)Nc1ccc2nc(-c3ccccc3)n(O)c2c1. The number of nitrogens with zero attached hydrogens (tertiary/aromatic N) is 2. The summed E-state index contributed by atoms with van der Waals surface area (Å²) in [6.45, 7) is 1.44. The molecule has 0 unspecified atom stereocenters. The minimum Gasteiger partial charge on any atom is -0.426 e. The molecular formula is C15H13N3O2. The van der Waals surface area contributed by atoms with Gasteiger partial charge in [0.05, 0.1) is 5.52 Å². The van der Waals surface area contributed by atoms with Gasteiger partial charge in [-0.3, -0.25) is 4.79 Å². The molecule has 0 aliphatic heterocycles. The maximum Gasteiger partial charge on any atom is 0.221 e. The van der Waals surface area contributed by atoms with E-state index in [0.717, 1.165) is 10.3 Å². The average molecular weight is 267 g/mol. The third kappa shape index (κ3) is 2.09. The normalized spacial score (nSPS) is 10.7. The molecule has 3 rings (SSSR count). The number of fused-ring (bicyclic) bond motifs is 1. The summed E-state index contributed by atoms with van der Waals surface area (Å²) in [5, 5.41) is 12.9. The Labute approximate surface area is 115 Å². The fraction of sp³-hybridized carbons (Fsp3) is 0.0667. The molecule has 0 aliphatic carbocycles. The van der Waals surface area contributed by atoms with Crippen molar-refractivity contribution >= 4 is 22.6 Å². The van der Waals surface area contributed by atoms with Gasteiger partial charge in [-0.05, 0) is 18.2 Å². The van der Waals surface area contributed by atoms with Crippen molar-refractivity contribution < 1.29 is 10.0 Å². The first-order valence-electron chi connectivity index (χ1n) is 6.20. The van der Waals surface area contributed by atoms with E-state index in [1.807, 2.05) is 30.3 Å². The lowest BCUT2D eigenvalue weighted by Gasteiger charge is -2.03. The van der Waals surface area contributed by atoms with Crippen LogP contribution in [0.1, 0.15) is 6.92 Å². The van der Waals surface area contributed by atoms with E-state index >= 15 is 0 Å². The summed E-state index contributed by atoms with van der Waals surface area (Å²) in [7, 11) is 0. The number of anilines is 1. The Morgan fingerprint density at radius 3 is 2.65 bits per heavy atom. The predicted octanol–water partition coefficient (Wildman–Crippen LogP) is 2.90. The van der Waals surface area contributed by atoms with Gasteiger partial charge in [0.2, 0.25) is 5.91 Å². The zero-order valence-corrected chi connectivity index (χ0v) is 10.9. The molecule has 5 heteroatoms. The molecule has 0 saturated heterocycles. The highest BCUT2D eigenvalue weighted by molar-refractivity contribution is 5.92. The summed E-state index contributed by atoms with van der Waals surface area (Å²) in [5.74, 6) is 0.317. The second kappa shape index (κ2) is 4.70. The van der Waals surface area contributed by atoms with Crippen LogP contribution >= 0.6 is 0 Å². The number of hydrogen-bond acceptors (Lipinski definition) is 3. The Bertz CT molecular complexity index is 778. The van der Waals surface area contributed by atoms with Crippen molar-refractivity contribution in [2.75, 3.05) is 5.32 Å². The van der Waals surface area contributed by atoms with Gasteiger partial charge in [-0.2, -0.15) is 4.73 Å². The van der Waals surface area contributed by atoms with Crippen LogP contribution in [0.3, 0.4) is 0 Å². The summed E-state index contributed by atoms with van der Waals surface area (Å²) < 4.78 is 1.04. The molecule has 0 saturated carbocycles. The lowest BCUT2D eigenvalue weighted by atomic mass is 10.2. The van der Waals surface area contributed by atoms with Gasteiger partial charge in [0.1, 0.15) is 5.52 Å². The van der Waals surface area contributed by atoms with E-state index in [0.29, 0.717) is 22.5 Å². The Kier molecular flexibility index (Phi) is 2.87. The van der Waals surface area contributed by atoms with Crippen LogP contribution in [0.15, 0.2) is 48.5 Å². The van der Waals surface area contributed by atoms with Crippen LogP contribution in [0.4, 0.5) is 5.69 Å². The molecule has 1 amide bonds. The van der Waals surface area contributed by atoms with Crippen LogP contribution in [0.5, 0.6) is 0 Å². The van der Waals surface area contributed by atoms with Gasteiger partial charge >= 0.3 is 0 Å². The van der Waals surface area contributed by atoms with Gasteiger partial charge in [0.15, 0.2) is 5.82 Å². The Morgan fingerprint density at radius 1 is 1.20 bits per heavy atom. The molecule has 20 heavy (non-hydrogen) atoms. The first-order valence-corrected chi connectivity index (χ1v) is 6.20. The number of carbonyl (C=O) groups excluding carboxylic acids is 1. The lowest BCUT2D eigenvalue weighted by molar-refractivity contribution is -0.114. The van der Waals surface area contributed by atoms with Crippen molar-refractivity contribution in [3.05, 3.63) is 48.5 Å². The quantitative estimate of drug-likeness (QED) is 0.701. The molecule has 100 valence electrons. The zero-order valence-electron chi connectivity index (χ0n) is 10.9. The van der Waals surface area contributed by atoms with E-state index < -0.39 is 0 Å². The summed E-state index contributed by atoms with van der Waals surface area (Å²) in [6, 6.07) is 14.6. The number of amides is 1. The van der Waals surface area contributed by atoms with Crippen LogP contribution < -0.4 is 5.32 Å². The van der Waals surface area contributed by atoms with Crippen LogP contribution in [0.25, 0.3) is 22.4 Å². The van der Waals surface area contributed by atoms with E-state index in [1.165, 1.54) is 6.92 Å². The monoisotopic (exact) mass is 267 g/mol. The van der Waals surface area contributed by atoms with Crippen molar-refractivity contribution in [2.45, 2.75) is 6.92 Å². The van der Waals surface area contributed by atoms with Crippen molar-refractivity contribution in [1.82, 2.24) is 9.71 Å². The number of hydrogen-bond donors (Lipinski definition) is 2. The van der Waals surface area contributed by atoms with Crippen molar-refractivity contribution in [3.8, 4) is 11.4 Å². The molecule has 5 nitrogen and oxygen atoms in total. The molecule has 2 aromatic carbocycles. The number of aromatic nitrogens is 2. The fourth-order valence-electron chi connectivity index (χ4n) is 2.12. The number of benzene rings is 2. The molecule has 0 radical (unpaired) electrons. The Hall–Kier alpha value is -2.82. The minimum atomic E-state index is -0.156. The van der Waals surface area contributed by atoms with Crippen LogP contribution in [-0.4, -0.2) is 20.8 Å². The lowest BCUT2D eigenvalue weighted by Crippen LogP contribution is -2.05. The molecule has 1 heterocycles. The molecule has 0 bridgehead atoms. The highest BCUT2D eigenvalue weighted by Crippen LogP contribution is 2.25. The van der Waals surface area contributed by atoms with Gasteiger partial charge in [0, 0.05) is 18.2 Å². The standard InChI is InChI=1S/C15H13N3O2/c1-10(19)16-12-7-8-13-14(9-12)18(20)15(17-13)11-5-3-2-4-6-11/h2-9,20H,1H3,(H,16,19). The predicted molar refractivity (Wildman–Crippen MR) is 76.7 cm³/mol. The molecular weight excluding hydrogens is 254 g/mol. The third-order valence-electron chi connectivity index (χ3n) is 2.98. The fourth-order valence-corrected chi connectivity index (χ4v) is 2.12. The van der Waals surface area contributed by atoms with Crippen LogP contribution in [-0.2, 0) is 4.79 Å². The van der Waals surface area contributed by atoms with Gasteiger partial charge in [0.25, 0.3) is 0 Å². The van der Waals surface area contributed by atoms with Crippen LogP contribution in [0, 0.1) is 0 Å². The van der Waals surface area contributed by atoms with Crippen molar-refractivity contribution in [3.63, 3.8) is 0 Å². The van der Waals surface area contributed by atoms with Crippen LogP contribution in [0.2, 0.25) is 0 Å². The summed E-state index contributed by atoms with van der Waals surface area (Å²) in [4.78, 5) is 15.5. The van der Waals surface area contributed by atoms with Gasteiger partial charge in [-0.1, -0.05) is 30.3 Å². The zero-order chi connectivity index (χ0) is 14.1. The summed E-state index contributed by atoms with van der Waals surface area (Å²) in [6.07, 6.45) is 0. The highest BCUT2D eigenvalue weighted by Gasteiger charge is 2.12. The summed E-state index contributed by atoms with van der Waals surface area (Å²) >= 11 is 0. The molecule has 0 atom stereocenters. The van der Waals surface area contributed by atoms with E-state index in [9.17, 15) is 10.0 Å². The smallest absolute Gasteiger partial charge is 0.221 e. The summed E-state index contributed by atoms with van der Waals surface area (Å²) in [5.41, 5.74) is 2.67. The third-order valence-corrected chi connectivity index (χ3v) is 2.98. The van der Waals surface area contributed by atoms with E-state index in [4.69, 9.17) is 0 Å². The van der Waals surface area contributed by atoms with E-state index in [2.05, 4.69) is 10.3 Å². The second-order valence-electron chi connectivity index (χ2n) is 4.50. The molecule has 0 aliphatic rings. The number of rotatable bonds is 2. The first kappa shape index (κ1) is 12.2. The van der Waals surface area contributed by atoms with Gasteiger partial charge < -0.3 is 10.5 Å². The molecule has 3 aromatic rings. The number of nitrogens with one attached hydrogen (secondary N) is 1. The number of imidazole rings is 1. The largest absolute Gasteiger partial charge is 0.426 e. The van der Waals surface area contributed by atoms with Gasteiger partial charge in [-0.15, -0.1) is 0 Å².